The molecule has 2 aromatic rings. The Kier molecular flexibility index (Phi) is 4.15. The maximum absolute atomic E-state index is 12.5. The van der Waals surface area contributed by atoms with Gasteiger partial charge in [-0.25, -0.2) is 4.98 Å². The molecule has 0 fully saturated rings. The van der Waals surface area contributed by atoms with Crippen LogP contribution < -0.4 is 0 Å². The van der Waals surface area contributed by atoms with E-state index in [1.54, 1.807) is 12.1 Å². The molecule has 0 aliphatic carbocycles. The van der Waals surface area contributed by atoms with Crippen molar-refractivity contribution in [1.29, 1.82) is 0 Å². The summed E-state index contributed by atoms with van der Waals surface area (Å²) in [6.07, 6.45) is -4.47. The van der Waals surface area contributed by atoms with Gasteiger partial charge in [-0.05, 0) is 17.0 Å². The highest BCUT2D eigenvalue weighted by atomic mass is 32.1. The highest BCUT2D eigenvalue weighted by Crippen LogP contribution is 2.36. The quantitative estimate of drug-likeness (QED) is 0.913. The number of aliphatic hydroxyl groups excluding tert-OH is 1. The molecule has 0 radical (unpaired) electrons. The Morgan fingerprint density at radius 1 is 1.10 bits per heavy atom. The maximum Gasteiger partial charge on any atom is 0.443 e. The number of aliphatic hydroxyl groups is 1. The summed E-state index contributed by atoms with van der Waals surface area (Å²) in [7, 11) is 0. The summed E-state index contributed by atoms with van der Waals surface area (Å²) in [5.41, 5.74) is 1.67. The molecule has 0 aliphatic heterocycles. The van der Waals surface area contributed by atoms with Gasteiger partial charge in [-0.3, -0.25) is 0 Å². The summed E-state index contributed by atoms with van der Waals surface area (Å²) in [4.78, 5) is 3.50. The van der Waals surface area contributed by atoms with Gasteiger partial charge in [0.2, 0.25) is 0 Å². The first-order valence-corrected chi connectivity index (χ1v) is 6.91. The Hall–Kier alpha value is -1.40. The summed E-state index contributed by atoms with van der Waals surface area (Å²) in [5, 5.41) is 9.16. The summed E-state index contributed by atoms with van der Waals surface area (Å²) in [6, 6.07) is 7.20. The number of halogens is 3. The average molecular weight is 301 g/mol. The largest absolute Gasteiger partial charge is 0.443 e. The summed E-state index contributed by atoms with van der Waals surface area (Å²) >= 11 is 0.467. The van der Waals surface area contributed by atoms with Gasteiger partial charge in [0.1, 0.15) is 6.10 Å². The third-order valence-corrected chi connectivity index (χ3v) is 4.05. The minimum absolute atomic E-state index is 0.189. The fourth-order valence-corrected chi connectivity index (χ4v) is 2.57. The monoisotopic (exact) mass is 301 g/mol. The van der Waals surface area contributed by atoms with Gasteiger partial charge in [-0.2, -0.15) is 13.2 Å². The average Bonchev–Trinajstić information content (AvgIpc) is 2.87. The van der Waals surface area contributed by atoms with E-state index in [-0.39, 0.29) is 4.88 Å². The van der Waals surface area contributed by atoms with Crippen molar-refractivity contribution in [2.75, 3.05) is 0 Å². The normalized spacial score (nSPS) is 13.8. The molecule has 0 amide bonds. The van der Waals surface area contributed by atoms with Crippen molar-refractivity contribution < 1.29 is 18.3 Å². The van der Waals surface area contributed by atoms with E-state index >= 15 is 0 Å². The molecule has 1 N–H and O–H groups in total. The second-order valence-electron chi connectivity index (χ2n) is 4.79. The third kappa shape index (κ3) is 3.19. The van der Waals surface area contributed by atoms with Gasteiger partial charge in [-0.1, -0.05) is 38.1 Å². The maximum atomic E-state index is 12.5. The molecular formula is C14H14F3NOS. The zero-order valence-electron chi connectivity index (χ0n) is 11.0. The van der Waals surface area contributed by atoms with Crippen molar-refractivity contribution in [2.24, 2.45) is 0 Å². The summed E-state index contributed by atoms with van der Waals surface area (Å²) in [6.45, 7) is 4.09. The molecule has 6 heteroatoms. The molecule has 0 saturated carbocycles. The van der Waals surface area contributed by atoms with Gasteiger partial charge in [-0.15, -0.1) is 11.3 Å². The minimum atomic E-state index is -4.47. The number of hydrogen-bond donors (Lipinski definition) is 1. The lowest BCUT2D eigenvalue weighted by Gasteiger charge is -2.11. The van der Waals surface area contributed by atoms with E-state index in [9.17, 15) is 18.3 Å². The van der Waals surface area contributed by atoms with Crippen molar-refractivity contribution in [3.63, 3.8) is 0 Å². The van der Waals surface area contributed by atoms with Crippen LogP contribution in [-0.4, -0.2) is 10.1 Å². The number of aromatic nitrogens is 1. The SMILES string of the molecule is CC(C)c1ccc(C(O)c2cnc(C(F)(F)F)s2)cc1. The van der Waals surface area contributed by atoms with E-state index in [0.29, 0.717) is 22.8 Å². The van der Waals surface area contributed by atoms with Crippen LogP contribution in [0.4, 0.5) is 13.2 Å². The minimum Gasteiger partial charge on any atom is -0.383 e. The second-order valence-corrected chi connectivity index (χ2v) is 5.85. The van der Waals surface area contributed by atoms with Crippen LogP contribution in [0, 0.1) is 0 Å². The molecule has 1 atom stereocenters. The number of hydrogen-bond acceptors (Lipinski definition) is 3. The number of alkyl halides is 3. The molecule has 2 rings (SSSR count). The zero-order chi connectivity index (χ0) is 14.9. The molecule has 2 nitrogen and oxygen atoms in total. The van der Waals surface area contributed by atoms with Crippen molar-refractivity contribution in [3.8, 4) is 0 Å². The van der Waals surface area contributed by atoms with Crippen molar-refractivity contribution in [1.82, 2.24) is 4.98 Å². The van der Waals surface area contributed by atoms with Gasteiger partial charge in [0.05, 0.1) is 4.88 Å². The first-order chi connectivity index (χ1) is 9.29. The van der Waals surface area contributed by atoms with Crippen LogP contribution in [0.1, 0.15) is 46.9 Å². The van der Waals surface area contributed by atoms with E-state index in [1.165, 1.54) is 0 Å². The number of benzene rings is 1. The molecule has 1 aromatic heterocycles. The molecule has 0 spiro atoms. The van der Waals surface area contributed by atoms with Crippen LogP contribution in [0.5, 0.6) is 0 Å². The van der Waals surface area contributed by atoms with Gasteiger partial charge < -0.3 is 5.11 Å². The predicted molar refractivity (Wildman–Crippen MR) is 71.7 cm³/mol. The summed E-state index contributed by atoms with van der Waals surface area (Å²) < 4.78 is 37.4. The molecular weight excluding hydrogens is 287 g/mol. The number of nitrogens with zero attached hydrogens (tertiary/aromatic N) is 1. The van der Waals surface area contributed by atoms with E-state index < -0.39 is 17.3 Å². The lowest BCUT2D eigenvalue weighted by Crippen LogP contribution is -2.03. The number of rotatable bonds is 3. The Balaban J connectivity index is 2.22. The molecule has 1 unspecified atom stereocenters. The fourth-order valence-electron chi connectivity index (χ4n) is 1.77. The van der Waals surface area contributed by atoms with Crippen LogP contribution in [0.3, 0.4) is 0 Å². The van der Waals surface area contributed by atoms with Gasteiger partial charge >= 0.3 is 6.18 Å². The van der Waals surface area contributed by atoms with E-state index in [0.717, 1.165) is 11.8 Å². The van der Waals surface area contributed by atoms with E-state index in [1.807, 2.05) is 26.0 Å². The lowest BCUT2D eigenvalue weighted by atomic mass is 10.00. The van der Waals surface area contributed by atoms with Crippen LogP contribution >= 0.6 is 11.3 Å². The Labute approximate surface area is 118 Å². The highest BCUT2D eigenvalue weighted by molar-refractivity contribution is 7.11. The van der Waals surface area contributed by atoms with Crippen LogP contribution in [0.2, 0.25) is 0 Å². The topological polar surface area (TPSA) is 33.1 Å². The van der Waals surface area contributed by atoms with E-state index in [4.69, 9.17) is 0 Å². The van der Waals surface area contributed by atoms with Crippen LogP contribution in [0.15, 0.2) is 30.5 Å². The summed E-state index contributed by atoms with van der Waals surface area (Å²) in [5.74, 6) is 0.362. The molecule has 1 heterocycles. The standard InChI is InChI=1S/C14H14F3NOS/c1-8(2)9-3-5-10(6-4-9)12(19)11-7-18-13(20-11)14(15,16)17/h3-8,12,19H,1-2H3. The first-order valence-electron chi connectivity index (χ1n) is 6.10. The zero-order valence-corrected chi connectivity index (χ0v) is 11.8. The van der Waals surface area contributed by atoms with E-state index in [2.05, 4.69) is 4.98 Å². The predicted octanol–water partition coefficient (Wildman–Crippen LogP) is 4.37. The Bertz CT molecular complexity index is 575. The van der Waals surface area contributed by atoms with Gasteiger partial charge in [0.15, 0.2) is 5.01 Å². The molecule has 108 valence electrons. The van der Waals surface area contributed by atoms with Gasteiger partial charge in [0.25, 0.3) is 0 Å². The Morgan fingerprint density at radius 2 is 1.65 bits per heavy atom. The Morgan fingerprint density at radius 3 is 2.10 bits per heavy atom. The third-order valence-electron chi connectivity index (χ3n) is 2.95. The second kappa shape index (κ2) is 5.54. The number of thiazole rings is 1. The van der Waals surface area contributed by atoms with Crippen LogP contribution in [0.25, 0.3) is 0 Å². The molecule has 0 aliphatic rings. The lowest BCUT2D eigenvalue weighted by molar-refractivity contribution is -0.137. The van der Waals surface area contributed by atoms with Crippen LogP contribution in [-0.2, 0) is 6.18 Å². The van der Waals surface area contributed by atoms with Gasteiger partial charge in [0, 0.05) is 6.20 Å². The first kappa shape index (κ1) is 15.0. The van der Waals surface area contributed by atoms with Crippen molar-refractivity contribution in [2.45, 2.75) is 32.0 Å². The smallest absolute Gasteiger partial charge is 0.383 e. The van der Waals surface area contributed by atoms with Crippen molar-refractivity contribution in [3.05, 3.63) is 51.5 Å². The van der Waals surface area contributed by atoms with Crippen molar-refractivity contribution >= 4 is 11.3 Å². The highest BCUT2D eigenvalue weighted by Gasteiger charge is 2.35. The fraction of sp³-hybridized carbons (Fsp3) is 0.357. The molecule has 0 bridgehead atoms. The molecule has 0 saturated heterocycles. The molecule has 20 heavy (non-hydrogen) atoms. The molecule has 1 aromatic carbocycles.